The predicted molar refractivity (Wildman–Crippen MR) is 561 cm³/mol. The summed E-state index contributed by atoms with van der Waals surface area (Å²) in [7, 11) is 0. The predicted octanol–water partition coefficient (Wildman–Crippen LogP) is 37.3. The summed E-state index contributed by atoms with van der Waals surface area (Å²) in [5.74, 6) is 0. The van der Waals surface area contributed by atoms with Gasteiger partial charge in [-0.25, -0.2) is 0 Å². The van der Waals surface area contributed by atoms with E-state index in [1.807, 2.05) is 45.3 Å². The molecule has 596 valence electrons. The first-order valence-corrected chi connectivity index (χ1v) is 47.0. The number of hydrogen-bond donors (Lipinski definition) is 0. The maximum Gasteiger partial charge on any atom is 0.0468 e. The summed E-state index contributed by atoms with van der Waals surface area (Å²) < 4.78 is 10.6. The lowest BCUT2D eigenvalue weighted by atomic mass is 9.94. The number of benzene rings is 23. The van der Waals surface area contributed by atoms with Crippen molar-refractivity contribution in [2.24, 2.45) is 0 Å². The van der Waals surface area contributed by atoms with Gasteiger partial charge < -0.3 is 9.80 Å². The average molecular weight is 1700 g/mol. The van der Waals surface area contributed by atoms with Gasteiger partial charge in [-0.15, -0.1) is 45.3 Å². The molecule has 0 aliphatic rings. The summed E-state index contributed by atoms with van der Waals surface area (Å²) in [5, 5.41) is 30.8. The van der Waals surface area contributed by atoms with E-state index in [-0.39, 0.29) is 0 Å². The van der Waals surface area contributed by atoms with Crippen molar-refractivity contribution in [1.29, 1.82) is 0 Å². The van der Waals surface area contributed by atoms with Gasteiger partial charge in [0.25, 0.3) is 0 Å². The molecule has 4 heterocycles. The van der Waals surface area contributed by atoms with E-state index in [0.717, 1.165) is 34.1 Å². The Morgan fingerprint density at radius 1 is 0.141 bits per heavy atom. The van der Waals surface area contributed by atoms with Crippen LogP contribution in [0.25, 0.3) is 223 Å². The molecule has 0 aliphatic heterocycles. The Hall–Kier alpha value is -15.4. The van der Waals surface area contributed by atoms with Crippen LogP contribution in [-0.2, 0) is 0 Å². The zero-order valence-corrected chi connectivity index (χ0v) is 72.5. The van der Waals surface area contributed by atoms with E-state index < -0.39 is 0 Å². The van der Waals surface area contributed by atoms with Crippen LogP contribution in [0.4, 0.5) is 34.1 Å². The summed E-state index contributed by atoms with van der Waals surface area (Å²) in [4.78, 5) is 4.82. The third kappa shape index (κ3) is 12.4. The first-order chi connectivity index (χ1) is 63.4. The van der Waals surface area contributed by atoms with Crippen molar-refractivity contribution in [2.45, 2.75) is 0 Å². The van der Waals surface area contributed by atoms with E-state index in [4.69, 9.17) is 0 Å². The lowest BCUT2D eigenvalue weighted by Crippen LogP contribution is -2.10. The standard InChI is InChI=1S/C62H37NS2.C60H37NS2/c1-3-12-50-38(10-1)20-23-45-36-49(30-31-51(45)50)63(47-28-26-39-32-44(24-21-41(39)34-47)53-16-9-17-56-54-14-5-7-18-58(54)64-61(53)56)48-29-27-40-33-46(25-22-42(40)35-48)60-52-13-4-2-11-43(52)37-57-55-15-6-8-19-59(55)65-62(57)60;1-2-14-45-38(12-1)13-11-21-46(45)39-24-30-42(31-25-39)61(43-32-26-40(27-33-43)53-36-57-59(49-17-5-3-15-47(49)53)51-19-7-9-22-55(51)62-57)44-34-28-41(29-35-44)54-37-58-60(50-18-6-4-16-48(50)54)52-20-8-10-23-56(52)63-58/h1-37H;1-37H. The first-order valence-electron chi connectivity index (χ1n) is 43.7. The Morgan fingerprint density at radius 2 is 0.477 bits per heavy atom. The molecular formula is C122H74N2S4. The average Bonchev–Trinajstić information content (AvgIpc) is 1.51. The molecule has 0 atom stereocenters. The van der Waals surface area contributed by atoms with Crippen molar-refractivity contribution < 1.29 is 0 Å². The van der Waals surface area contributed by atoms with Gasteiger partial charge in [-0.2, -0.15) is 0 Å². The van der Waals surface area contributed by atoms with Gasteiger partial charge in [0.15, 0.2) is 0 Å². The highest BCUT2D eigenvalue weighted by Crippen LogP contribution is 2.51. The van der Waals surface area contributed by atoms with Crippen LogP contribution in [0.3, 0.4) is 0 Å². The van der Waals surface area contributed by atoms with Crippen molar-refractivity contribution in [2.75, 3.05) is 9.80 Å². The quantitative estimate of drug-likeness (QED) is 0.119. The smallest absolute Gasteiger partial charge is 0.0468 e. The second-order valence-electron chi connectivity index (χ2n) is 33.6. The Morgan fingerprint density at radius 3 is 1.05 bits per heavy atom. The lowest BCUT2D eigenvalue weighted by Gasteiger charge is -2.27. The molecule has 6 heteroatoms. The number of nitrogens with zero attached hydrogens (tertiary/aromatic N) is 2. The molecule has 0 fully saturated rings. The number of fused-ring (bicyclic) bond motifs is 23. The largest absolute Gasteiger partial charge is 0.311 e. The molecule has 0 bridgehead atoms. The van der Waals surface area contributed by atoms with Crippen molar-refractivity contribution in [3.8, 4) is 55.6 Å². The van der Waals surface area contributed by atoms with Crippen molar-refractivity contribution in [3.05, 3.63) is 449 Å². The van der Waals surface area contributed by atoms with Gasteiger partial charge in [0.1, 0.15) is 0 Å². The number of anilines is 6. The fraction of sp³-hybridized carbons (Fsp3) is 0. The minimum absolute atomic E-state index is 1.11. The highest BCUT2D eigenvalue weighted by molar-refractivity contribution is 7.27. The van der Waals surface area contributed by atoms with Crippen LogP contribution in [0.5, 0.6) is 0 Å². The molecule has 4 aromatic heterocycles. The van der Waals surface area contributed by atoms with Gasteiger partial charge in [-0.1, -0.05) is 322 Å². The Kier molecular flexibility index (Phi) is 17.5. The van der Waals surface area contributed by atoms with Crippen LogP contribution in [0, 0.1) is 0 Å². The molecule has 0 aliphatic carbocycles. The normalized spacial score (nSPS) is 11.9. The minimum Gasteiger partial charge on any atom is -0.311 e. The molecule has 0 amide bonds. The van der Waals surface area contributed by atoms with Gasteiger partial charge >= 0.3 is 0 Å². The topological polar surface area (TPSA) is 6.48 Å². The van der Waals surface area contributed by atoms with Gasteiger partial charge in [-0.3, -0.25) is 0 Å². The van der Waals surface area contributed by atoms with Crippen LogP contribution in [0.1, 0.15) is 0 Å². The second kappa shape index (κ2) is 30.2. The van der Waals surface area contributed by atoms with E-state index in [0.29, 0.717) is 0 Å². The fourth-order valence-corrected chi connectivity index (χ4v) is 25.2. The Labute approximate surface area is 754 Å². The van der Waals surface area contributed by atoms with E-state index >= 15 is 0 Å². The molecule has 27 rings (SSSR count). The Bertz CT molecular complexity index is 9030. The van der Waals surface area contributed by atoms with E-state index in [1.165, 1.54) is 223 Å². The molecule has 23 aromatic carbocycles. The summed E-state index contributed by atoms with van der Waals surface area (Å²) in [6.07, 6.45) is 0. The Balaban J connectivity index is 0.000000136. The molecule has 27 aromatic rings. The zero-order valence-electron chi connectivity index (χ0n) is 69.3. The monoisotopic (exact) mass is 1690 g/mol. The van der Waals surface area contributed by atoms with E-state index in [2.05, 4.69) is 459 Å². The minimum atomic E-state index is 1.11. The van der Waals surface area contributed by atoms with Crippen LogP contribution < -0.4 is 9.80 Å². The molecule has 0 unspecified atom stereocenters. The van der Waals surface area contributed by atoms with E-state index in [1.54, 1.807) is 0 Å². The molecule has 0 saturated heterocycles. The highest BCUT2D eigenvalue weighted by atomic mass is 32.1. The maximum absolute atomic E-state index is 2.43. The first kappa shape index (κ1) is 74.1. The molecule has 0 saturated carbocycles. The zero-order chi connectivity index (χ0) is 84.0. The molecule has 0 spiro atoms. The summed E-state index contributed by atoms with van der Waals surface area (Å²) in [6, 6.07) is 166. The van der Waals surface area contributed by atoms with Crippen molar-refractivity contribution in [3.63, 3.8) is 0 Å². The molecule has 2 nitrogen and oxygen atoms in total. The van der Waals surface area contributed by atoms with Gasteiger partial charge in [0.2, 0.25) is 0 Å². The number of hydrogen-bond acceptors (Lipinski definition) is 6. The molecule has 0 radical (unpaired) electrons. The van der Waals surface area contributed by atoms with Crippen LogP contribution in [0.2, 0.25) is 0 Å². The third-order valence-electron chi connectivity index (χ3n) is 26.4. The second-order valence-corrected chi connectivity index (χ2v) is 37.9. The van der Waals surface area contributed by atoms with Crippen molar-refractivity contribution in [1.82, 2.24) is 0 Å². The van der Waals surface area contributed by atoms with Crippen LogP contribution in [-0.4, -0.2) is 0 Å². The SMILES string of the molecule is c1ccc2c(-c3ccc(N(c4ccc(-c5cc6sc7ccccc7c6c6ccccc56)cc4)c4ccc(-c5cc6sc7ccccc7c6c6ccccc56)cc4)cc3)cccc2c1.c1ccc2c(-c3ccc4cc(N(c5ccc6cc(-c7cccc8c7sc7ccccc78)ccc6c5)c5ccc6c(ccc7ccccc76)c5)ccc4c3)c3sc4ccccc4c3cc2c1. The number of thiophene rings is 4. The van der Waals surface area contributed by atoms with Crippen molar-refractivity contribution >= 4 is 246 Å². The fourth-order valence-electron chi connectivity index (χ4n) is 20.4. The lowest BCUT2D eigenvalue weighted by molar-refractivity contribution is 1.28. The van der Waals surface area contributed by atoms with Gasteiger partial charge in [-0.05, 0) is 264 Å². The maximum atomic E-state index is 2.43. The third-order valence-corrected chi connectivity index (χ3v) is 31.1. The summed E-state index contributed by atoms with van der Waals surface area (Å²) >= 11 is 7.55. The molecular weight excluding hydrogens is 1620 g/mol. The summed E-state index contributed by atoms with van der Waals surface area (Å²) in [6.45, 7) is 0. The number of rotatable bonds is 11. The molecule has 0 N–H and O–H groups in total. The van der Waals surface area contributed by atoms with Crippen LogP contribution in [0.15, 0.2) is 449 Å². The van der Waals surface area contributed by atoms with E-state index in [9.17, 15) is 0 Å². The van der Waals surface area contributed by atoms with Gasteiger partial charge in [0.05, 0.1) is 0 Å². The van der Waals surface area contributed by atoms with Crippen LogP contribution >= 0.6 is 45.3 Å². The van der Waals surface area contributed by atoms with Gasteiger partial charge in [0, 0.05) is 120 Å². The molecule has 128 heavy (non-hydrogen) atoms. The summed E-state index contributed by atoms with van der Waals surface area (Å²) in [5.41, 5.74) is 19.1. The highest BCUT2D eigenvalue weighted by Gasteiger charge is 2.24.